The van der Waals surface area contributed by atoms with E-state index in [-0.39, 0.29) is 5.91 Å². The van der Waals surface area contributed by atoms with Gasteiger partial charge in [-0.3, -0.25) is 4.79 Å². The van der Waals surface area contributed by atoms with Crippen LogP contribution in [0.25, 0.3) is 0 Å². The second-order valence-corrected chi connectivity index (χ2v) is 4.15. The lowest BCUT2D eigenvalue weighted by Gasteiger charge is -2.12. The molecule has 5 heteroatoms. The lowest BCUT2D eigenvalue weighted by atomic mass is 10.2. The molecule has 0 bridgehead atoms. The summed E-state index contributed by atoms with van der Waals surface area (Å²) >= 11 is 0. The molecule has 0 unspecified atom stereocenters. The molecule has 1 aromatic rings. The van der Waals surface area contributed by atoms with Crippen LogP contribution in [0.4, 0.5) is 5.69 Å². The predicted octanol–water partition coefficient (Wildman–Crippen LogP) is 1.52. The lowest BCUT2D eigenvalue weighted by molar-refractivity contribution is -0.128. The van der Waals surface area contributed by atoms with Gasteiger partial charge in [0.2, 0.25) is 5.91 Å². The van der Waals surface area contributed by atoms with Gasteiger partial charge in [0.15, 0.2) is 11.5 Å². The van der Waals surface area contributed by atoms with Gasteiger partial charge >= 0.3 is 0 Å². The van der Waals surface area contributed by atoms with Crippen LogP contribution in [0.5, 0.6) is 11.5 Å². The Morgan fingerprint density at radius 2 is 2.06 bits per heavy atom. The fourth-order valence-electron chi connectivity index (χ4n) is 1.43. The molecule has 0 saturated carbocycles. The van der Waals surface area contributed by atoms with Crippen molar-refractivity contribution in [3.05, 3.63) is 18.2 Å². The monoisotopic (exact) mass is 252 g/mol. The van der Waals surface area contributed by atoms with Crippen LogP contribution in [0, 0.1) is 0 Å². The summed E-state index contributed by atoms with van der Waals surface area (Å²) in [4.78, 5) is 12.9. The number of carbonyl (C=O) groups excluding carboxylic acids is 1. The summed E-state index contributed by atoms with van der Waals surface area (Å²) in [6.07, 6.45) is 1.15. The third-order valence-corrected chi connectivity index (χ3v) is 2.48. The molecular formula is C13H20N2O3. The van der Waals surface area contributed by atoms with Crippen molar-refractivity contribution in [3.8, 4) is 11.5 Å². The lowest BCUT2D eigenvalue weighted by Crippen LogP contribution is -2.21. The summed E-state index contributed by atoms with van der Waals surface area (Å²) in [7, 11) is 5.05. The number of amides is 1. The Morgan fingerprint density at radius 3 is 2.67 bits per heavy atom. The van der Waals surface area contributed by atoms with Gasteiger partial charge in [0.05, 0.1) is 13.7 Å². The number of nitrogens with two attached hydrogens (primary N) is 1. The van der Waals surface area contributed by atoms with Crippen LogP contribution in [0.2, 0.25) is 0 Å². The minimum absolute atomic E-state index is 0.0999. The van der Waals surface area contributed by atoms with Crippen molar-refractivity contribution < 1.29 is 14.3 Å². The van der Waals surface area contributed by atoms with E-state index in [1.807, 2.05) is 0 Å². The maximum atomic E-state index is 11.4. The predicted molar refractivity (Wildman–Crippen MR) is 70.8 cm³/mol. The highest BCUT2D eigenvalue weighted by molar-refractivity contribution is 5.75. The Morgan fingerprint density at radius 1 is 1.33 bits per heavy atom. The van der Waals surface area contributed by atoms with E-state index in [0.29, 0.717) is 36.6 Å². The van der Waals surface area contributed by atoms with Gasteiger partial charge in [0.25, 0.3) is 0 Å². The number of hydrogen-bond donors (Lipinski definition) is 1. The molecule has 0 spiro atoms. The van der Waals surface area contributed by atoms with Crippen molar-refractivity contribution in [1.82, 2.24) is 4.90 Å². The fourth-order valence-corrected chi connectivity index (χ4v) is 1.43. The first-order chi connectivity index (χ1) is 8.54. The number of anilines is 1. The molecule has 0 atom stereocenters. The molecule has 0 radical (unpaired) electrons. The minimum Gasteiger partial charge on any atom is -0.493 e. The van der Waals surface area contributed by atoms with Crippen LogP contribution in [0.15, 0.2) is 18.2 Å². The van der Waals surface area contributed by atoms with E-state index >= 15 is 0 Å². The Bertz CT molecular complexity index is 405. The first-order valence-corrected chi connectivity index (χ1v) is 5.81. The summed E-state index contributed by atoms with van der Waals surface area (Å²) < 4.78 is 10.7. The van der Waals surface area contributed by atoms with Crippen LogP contribution in [0.1, 0.15) is 12.8 Å². The molecule has 1 rings (SSSR count). The average molecular weight is 252 g/mol. The van der Waals surface area contributed by atoms with Gasteiger partial charge < -0.3 is 20.1 Å². The molecule has 2 N–H and O–H groups in total. The molecule has 0 aromatic heterocycles. The van der Waals surface area contributed by atoms with Crippen molar-refractivity contribution in [2.75, 3.05) is 33.5 Å². The molecule has 0 heterocycles. The minimum atomic E-state index is 0.0999. The van der Waals surface area contributed by atoms with Gasteiger partial charge in [-0.15, -0.1) is 0 Å². The zero-order valence-corrected chi connectivity index (χ0v) is 11.1. The molecule has 100 valence electrons. The van der Waals surface area contributed by atoms with E-state index in [0.717, 1.165) is 0 Å². The molecule has 18 heavy (non-hydrogen) atoms. The third kappa shape index (κ3) is 4.16. The fraction of sp³-hybridized carbons (Fsp3) is 0.462. The summed E-state index contributed by atoms with van der Waals surface area (Å²) in [6.45, 7) is 0.472. The van der Waals surface area contributed by atoms with Crippen LogP contribution < -0.4 is 15.2 Å². The van der Waals surface area contributed by atoms with Gasteiger partial charge in [-0.2, -0.15) is 0 Å². The maximum absolute atomic E-state index is 11.4. The topological polar surface area (TPSA) is 64.8 Å². The van der Waals surface area contributed by atoms with Crippen LogP contribution in [0.3, 0.4) is 0 Å². The third-order valence-electron chi connectivity index (χ3n) is 2.48. The van der Waals surface area contributed by atoms with Crippen LogP contribution >= 0.6 is 0 Å². The number of nitrogens with zero attached hydrogens (tertiary/aromatic N) is 1. The number of ether oxygens (including phenoxy) is 2. The van der Waals surface area contributed by atoms with E-state index in [2.05, 4.69) is 0 Å². The van der Waals surface area contributed by atoms with Gasteiger partial charge in [-0.1, -0.05) is 0 Å². The number of carbonyl (C=O) groups is 1. The Hall–Kier alpha value is -1.91. The Labute approximate surface area is 107 Å². The highest BCUT2D eigenvalue weighted by Gasteiger charge is 2.06. The van der Waals surface area contributed by atoms with Gasteiger partial charge in [-0.05, 0) is 18.6 Å². The summed E-state index contributed by atoms with van der Waals surface area (Å²) in [6, 6.07) is 5.23. The molecule has 1 aromatic carbocycles. The van der Waals surface area contributed by atoms with Gasteiger partial charge in [-0.25, -0.2) is 0 Å². The smallest absolute Gasteiger partial charge is 0.222 e. The van der Waals surface area contributed by atoms with Crippen molar-refractivity contribution >= 4 is 11.6 Å². The van der Waals surface area contributed by atoms with E-state index < -0.39 is 0 Å². The van der Waals surface area contributed by atoms with Crippen molar-refractivity contribution in [1.29, 1.82) is 0 Å². The first kappa shape index (κ1) is 14.2. The molecule has 0 saturated heterocycles. The normalized spacial score (nSPS) is 9.94. The van der Waals surface area contributed by atoms with E-state index in [4.69, 9.17) is 15.2 Å². The highest BCUT2D eigenvalue weighted by atomic mass is 16.5. The quantitative estimate of drug-likeness (QED) is 0.616. The largest absolute Gasteiger partial charge is 0.493 e. The Balaban J connectivity index is 2.42. The molecule has 0 aliphatic heterocycles. The zero-order chi connectivity index (χ0) is 13.5. The van der Waals surface area contributed by atoms with E-state index in [9.17, 15) is 4.79 Å². The van der Waals surface area contributed by atoms with E-state index in [1.54, 1.807) is 44.3 Å². The summed E-state index contributed by atoms with van der Waals surface area (Å²) in [5.74, 6) is 1.35. The van der Waals surface area contributed by atoms with Crippen molar-refractivity contribution in [2.45, 2.75) is 12.8 Å². The van der Waals surface area contributed by atoms with E-state index in [1.165, 1.54) is 0 Å². The molecule has 0 aliphatic rings. The number of methoxy groups -OCH3 is 1. The molecular weight excluding hydrogens is 232 g/mol. The van der Waals surface area contributed by atoms with Crippen molar-refractivity contribution in [2.24, 2.45) is 0 Å². The second-order valence-electron chi connectivity index (χ2n) is 4.15. The van der Waals surface area contributed by atoms with Gasteiger partial charge in [0.1, 0.15) is 0 Å². The molecule has 0 aliphatic carbocycles. The highest BCUT2D eigenvalue weighted by Crippen LogP contribution is 2.29. The Kier molecular flexibility index (Phi) is 5.30. The standard InChI is InChI=1S/C13H20N2O3/c1-15(2)13(16)5-4-8-18-11-7-6-10(14)9-12(11)17-3/h6-7,9H,4-5,8,14H2,1-3H3. The zero-order valence-electron chi connectivity index (χ0n) is 11.1. The maximum Gasteiger partial charge on any atom is 0.222 e. The SMILES string of the molecule is COc1cc(N)ccc1OCCCC(=O)N(C)C. The first-order valence-electron chi connectivity index (χ1n) is 5.81. The van der Waals surface area contributed by atoms with Crippen molar-refractivity contribution in [3.63, 3.8) is 0 Å². The van der Waals surface area contributed by atoms with Crippen LogP contribution in [-0.2, 0) is 4.79 Å². The average Bonchev–Trinajstić information content (AvgIpc) is 2.35. The van der Waals surface area contributed by atoms with Crippen LogP contribution in [-0.4, -0.2) is 38.6 Å². The second kappa shape index (κ2) is 6.74. The summed E-state index contributed by atoms with van der Waals surface area (Å²) in [5.41, 5.74) is 6.27. The van der Waals surface area contributed by atoms with Gasteiger partial charge in [0, 0.05) is 32.3 Å². The molecule has 0 fully saturated rings. The number of benzene rings is 1. The number of hydrogen-bond acceptors (Lipinski definition) is 4. The number of nitrogen functional groups attached to an aromatic ring is 1. The summed E-state index contributed by atoms with van der Waals surface area (Å²) in [5, 5.41) is 0. The molecule has 5 nitrogen and oxygen atoms in total. The molecule has 1 amide bonds. The number of rotatable bonds is 6.